The summed E-state index contributed by atoms with van der Waals surface area (Å²) in [6.07, 6.45) is 1.85. The van der Waals surface area contributed by atoms with Crippen molar-refractivity contribution in [1.29, 1.82) is 0 Å². The Morgan fingerprint density at radius 1 is 1.03 bits per heavy atom. The first kappa shape index (κ1) is 22.9. The number of carbonyl (C=O) groups excluding carboxylic acids is 2. The van der Waals surface area contributed by atoms with Gasteiger partial charge in [0.05, 0.1) is 21.4 Å². The highest BCUT2D eigenvalue weighted by atomic mass is 32.1. The van der Waals surface area contributed by atoms with Gasteiger partial charge in [-0.15, -0.1) is 11.3 Å². The smallest absolute Gasteiger partial charge is 0.323 e. The maximum Gasteiger partial charge on any atom is 0.323 e. The van der Waals surface area contributed by atoms with Crippen molar-refractivity contribution < 1.29 is 9.59 Å². The summed E-state index contributed by atoms with van der Waals surface area (Å²) < 4.78 is 2.94. The lowest BCUT2D eigenvalue weighted by Crippen LogP contribution is -2.19. The van der Waals surface area contributed by atoms with Gasteiger partial charge in [0.25, 0.3) is 5.91 Å². The Balaban J connectivity index is 1.22. The maximum absolute atomic E-state index is 12.9. The van der Waals surface area contributed by atoms with Crippen molar-refractivity contribution >= 4 is 44.9 Å². The Bertz CT molecular complexity index is 1650. The second kappa shape index (κ2) is 9.18. The predicted molar refractivity (Wildman–Crippen MR) is 147 cm³/mol. The Morgan fingerprint density at radius 3 is 2.62 bits per heavy atom. The molecule has 3 heterocycles. The van der Waals surface area contributed by atoms with E-state index in [2.05, 4.69) is 20.9 Å². The van der Waals surface area contributed by atoms with Crippen LogP contribution < -0.4 is 16.0 Å². The first-order valence-electron chi connectivity index (χ1n) is 12.0. The molecule has 3 N–H and O–H groups in total. The summed E-state index contributed by atoms with van der Waals surface area (Å²) in [5.74, 6) is -0.0431. The van der Waals surface area contributed by atoms with E-state index in [0.29, 0.717) is 29.2 Å². The third kappa shape index (κ3) is 4.34. The van der Waals surface area contributed by atoms with Crippen molar-refractivity contribution in [2.45, 2.75) is 26.4 Å². The number of anilines is 2. The zero-order chi connectivity index (χ0) is 25.5. The van der Waals surface area contributed by atoms with Gasteiger partial charge in [-0.2, -0.15) is 5.10 Å². The van der Waals surface area contributed by atoms with Gasteiger partial charge < -0.3 is 16.0 Å². The van der Waals surface area contributed by atoms with Crippen LogP contribution in [-0.2, 0) is 6.54 Å². The van der Waals surface area contributed by atoms with Crippen LogP contribution in [0.1, 0.15) is 35.8 Å². The summed E-state index contributed by atoms with van der Waals surface area (Å²) in [6, 6.07) is 19.1. The number of aromatic nitrogens is 3. The SMILES string of the molecule is CC(C)n1cc(NC(=O)Nc2ccc(-c3cccc4c3CNC4=O)cc2)c(-c2ccc3scnc3c2)n1. The van der Waals surface area contributed by atoms with E-state index in [1.54, 1.807) is 11.3 Å². The Morgan fingerprint density at radius 2 is 1.81 bits per heavy atom. The molecule has 8 nitrogen and oxygen atoms in total. The number of hydrogen-bond acceptors (Lipinski definition) is 5. The number of carbonyl (C=O) groups is 2. The maximum atomic E-state index is 12.9. The highest BCUT2D eigenvalue weighted by Crippen LogP contribution is 2.32. The lowest BCUT2D eigenvalue weighted by Gasteiger charge is -2.10. The Hall–Kier alpha value is -4.50. The van der Waals surface area contributed by atoms with Crippen molar-refractivity contribution in [3.63, 3.8) is 0 Å². The molecular formula is C28H24N6O2S. The summed E-state index contributed by atoms with van der Waals surface area (Å²) in [5.41, 5.74) is 9.28. The number of rotatable bonds is 5. The molecule has 1 aliphatic heterocycles. The van der Waals surface area contributed by atoms with E-state index in [1.165, 1.54) is 0 Å². The summed E-state index contributed by atoms with van der Waals surface area (Å²) in [5, 5.41) is 13.5. The molecule has 0 aliphatic carbocycles. The Labute approximate surface area is 217 Å². The molecule has 0 bridgehead atoms. The van der Waals surface area contributed by atoms with Gasteiger partial charge >= 0.3 is 6.03 Å². The first-order valence-corrected chi connectivity index (χ1v) is 12.9. The van der Waals surface area contributed by atoms with Gasteiger partial charge in [-0.1, -0.05) is 30.3 Å². The molecule has 3 amide bonds. The van der Waals surface area contributed by atoms with E-state index >= 15 is 0 Å². The molecule has 6 rings (SSSR count). The summed E-state index contributed by atoms with van der Waals surface area (Å²) >= 11 is 1.59. The van der Waals surface area contributed by atoms with Crippen LogP contribution in [0, 0.1) is 0 Å². The molecule has 0 atom stereocenters. The zero-order valence-electron chi connectivity index (χ0n) is 20.3. The third-order valence-corrected chi connectivity index (χ3v) is 7.22. The number of nitrogens with zero attached hydrogens (tertiary/aromatic N) is 3. The standard InChI is InChI=1S/C28H24N6O2S/c1-16(2)34-14-24(26(33-34)18-8-11-25-23(12-18)30-15-37-25)32-28(36)31-19-9-6-17(7-10-19)20-4-3-5-21-22(20)13-29-27(21)35/h3-12,14-16H,13H2,1-2H3,(H,29,35)(H2,31,32,36). The molecule has 184 valence electrons. The predicted octanol–water partition coefficient (Wildman–Crippen LogP) is 6.30. The third-order valence-electron chi connectivity index (χ3n) is 6.41. The monoisotopic (exact) mass is 508 g/mol. The molecule has 9 heteroatoms. The van der Waals surface area contributed by atoms with Gasteiger partial charge in [0.2, 0.25) is 0 Å². The average molecular weight is 509 g/mol. The van der Waals surface area contributed by atoms with Gasteiger partial charge in [-0.05, 0) is 60.9 Å². The number of benzene rings is 3. The van der Waals surface area contributed by atoms with Crippen LogP contribution in [0.3, 0.4) is 0 Å². The molecule has 3 aromatic carbocycles. The van der Waals surface area contributed by atoms with E-state index in [0.717, 1.165) is 32.5 Å². The van der Waals surface area contributed by atoms with Gasteiger partial charge in [0.15, 0.2) is 0 Å². The number of urea groups is 1. The molecule has 0 radical (unpaired) electrons. The van der Waals surface area contributed by atoms with Crippen molar-refractivity contribution in [3.05, 3.63) is 83.5 Å². The summed E-state index contributed by atoms with van der Waals surface area (Å²) in [4.78, 5) is 29.4. The zero-order valence-corrected chi connectivity index (χ0v) is 21.1. The number of nitrogens with one attached hydrogen (secondary N) is 3. The van der Waals surface area contributed by atoms with Crippen LogP contribution in [0.4, 0.5) is 16.2 Å². The number of hydrogen-bond donors (Lipinski definition) is 3. The van der Waals surface area contributed by atoms with Crippen molar-refractivity contribution in [2.75, 3.05) is 10.6 Å². The summed E-state index contributed by atoms with van der Waals surface area (Å²) in [6.45, 7) is 4.61. The minimum Gasteiger partial charge on any atom is -0.348 e. The molecule has 0 saturated carbocycles. The molecular weight excluding hydrogens is 484 g/mol. The molecule has 1 aliphatic rings. The van der Waals surface area contributed by atoms with E-state index in [-0.39, 0.29) is 18.0 Å². The highest BCUT2D eigenvalue weighted by molar-refractivity contribution is 7.16. The highest BCUT2D eigenvalue weighted by Gasteiger charge is 2.22. The van der Waals surface area contributed by atoms with E-state index in [1.807, 2.05) is 90.9 Å². The van der Waals surface area contributed by atoms with Gasteiger partial charge in [0.1, 0.15) is 5.69 Å². The molecule has 0 saturated heterocycles. The van der Waals surface area contributed by atoms with E-state index in [9.17, 15) is 9.59 Å². The van der Waals surface area contributed by atoms with E-state index < -0.39 is 0 Å². The lowest BCUT2D eigenvalue weighted by molar-refractivity contribution is 0.0965. The molecule has 0 unspecified atom stereocenters. The second-order valence-corrected chi connectivity index (χ2v) is 10.1. The van der Waals surface area contributed by atoms with Gasteiger partial charge in [-0.3, -0.25) is 9.48 Å². The van der Waals surface area contributed by atoms with Crippen LogP contribution >= 0.6 is 11.3 Å². The van der Waals surface area contributed by atoms with Gasteiger partial charge in [0, 0.05) is 35.6 Å². The number of amides is 3. The molecule has 5 aromatic rings. The number of fused-ring (bicyclic) bond motifs is 2. The first-order chi connectivity index (χ1) is 18.0. The van der Waals surface area contributed by atoms with Crippen molar-refractivity contribution in [2.24, 2.45) is 0 Å². The minimum atomic E-state index is -0.359. The quantitative estimate of drug-likeness (QED) is 0.259. The molecule has 0 fully saturated rings. The topological polar surface area (TPSA) is 101 Å². The normalized spacial score (nSPS) is 12.6. The van der Waals surface area contributed by atoms with Crippen LogP contribution in [0.15, 0.2) is 72.4 Å². The average Bonchev–Trinajstić information content (AvgIpc) is 3.63. The van der Waals surface area contributed by atoms with Crippen LogP contribution in [0.25, 0.3) is 32.6 Å². The number of thiazole rings is 1. The van der Waals surface area contributed by atoms with Crippen LogP contribution in [0.2, 0.25) is 0 Å². The second-order valence-electron chi connectivity index (χ2n) is 9.17. The van der Waals surface area contributed by atoms with Crippen molar-refractivity contribution in [3.8, 4) is 22.4 Å². The molecule has 0 spiro atoms. The minimum absolute atomic E-state index is 0.0431. The van der Waals surface area contributed by atoms with Crippen LogP contribution in [-0.4, -0.2) is 26.7 Å². The van der Waals surface area contributed by atoms with Crippen molar-refractivity contribution in [1.82, 2.24) is 20.1 Å². The molecule has 2 aromatic heterocycles. The van der Waals surface area contributed by atoms with E-state index in [4.69, 9.17) is 5.10 Å². The fourth-order valence-corrected chi connectivity index (χ4v) is 5.17. The fraction of sp³-hybridized carbons (Fsp3) is 0.143. The van der Waals surface area contributed by atoms with Crippen LogP contribution in [0.5, 0.6) is 0 Å². The summed E-state index contributed by atoms with van der Waals surface area (Å²) in [7, 11) is 0. The largest absolute Gasteiger partial charge is 0.348 e. The lowest BCUT2D eigenvalue weighted by atomic mass is 9.97. The molecule has 37 heavy (non-hydrogen) atoms. The Kier molecular flexibility index (Phi) is 5.69. The van der Waals surface area contributed by atoms with Gasteiger partial charge in [-0.25, -0.2) is 9.78 Å². The fourth-order valence-electron chi connectivity index (χ4n) is 4.51.